The Labute approximate surface area is 108 Å². The van der Waals surface area contributed by atoms with E-state index < -0.39 is 0 Å². The van der Waals surface area contributed by atoms with Crippen LogP contribution in [0.25, 0.3) is 0 Å². The molecule has 0 unspecified atom stereocenters. The minimum atomic E-state index is 0.0466. The van der Waals surface area contributed by atoms with Crippen LogP contribution >= 0.6 is 0 Å². The number of oxazole rings is 1. The van der Waals surface area contributed by atoms with E-state index in [-0.39, 0.29) is 11.9 Å². The maximum absolute atomic E-state index is 11.0. The van der Waals surface area contributed by atoms with Crippen molar-refractivity contribution in [2.24, 2.45) is 0 Å². The lowest BCUT2D eigenvalue weighted by Crippen LogP contribution is -2.35. The molecule has 0 radical (unpaired) electrons. The summed E-state index contributed by atoms with van der Waals surface area (Å²) in [7, 11) is 0. The highest BCUT2D eigenvalue weighted by Gasteiger charge is 2.23. The second-order valence-electron chi connectivity index (χ2n) is 5.25. The molecular weight excluding hydrogens is 230 g/mol. The van der Waals surface area contributed by atoms with E-state index in [1.165, 1.54) is 0 Å². The third-order valence-corrected chi connectivity index (χ3v) is 3.13. The summed E-state index contributed by atoms with van der Waals surface area (Å²) >= 11 is 0. The van der Waals surface area contributed by atoms with Gasteiger partial charge in [-0.15, -0.1) is 0 Å². The van der Waals surface area contributed by atoms with E-state index in [0.717, 1.165) is 37.6 Å². The van der Waals surface area contributed by atoms with Crippen molar-refractivity contribution in [3.05, 3.63) is 17.8 Å². The predicted molar refractivity (Wildman–Crippen MR) is 68.1 cm³/mol. The molecule has 1 aromatic heterocycles. The molecule has 100 valence electrons. The summed E-state index contributed by atoms with van der Waals surface area (Å²) in [6.07, 6.45) is 2.75. The number of amides is 1. The van der Waals surface area contributed by atoms with E-state index in [1.807, 2.05) is 0 Å². The van der Waals surface area contributed by atoms with Gasteiger partial charge in [0.2, 0.25) is 5.91 Å². The fourth-order valence-corrected chi connectivity index (χ4v) is 2.27. The van der Waals surface area contributed by atoms with Crippen LogP contribution in [-0.2, 0) is 11.3 Å². The van der Waals surface area contributed by atoms with Crippen molar-refractivity contribution < 1.29 is 9.21 Å². The van der Waals surface area contributed by atoms with E-state index in [9.17, 15) is 4.79 Å². The molecule has 0 bridgehead atoms. The van der Waals surface area contributed by atoms with E-state index in [4.69, 9.17) is 4.42 Å². The minimum absolute atomic E-state index is 0.0466. The van der Waals surface area contributed by atoms with Gasteiger partial charge in [-0.1, -0.05) is 13.8 Å². The van der Waals surface area contributed by atoms with Gasteiger partial charge in [0.05, 0.1) is 5.69 Å². The highest BCUT2D eigenvalue weighted by atomic mass is 16.3. The van der Waals surface area contributed by atoms with Gasteiger partial charge in [-0.05, 0) is 6.42 Å². The molecule has 2 rings (SSSR count). The average Bonchev–Trinajstić information content (AvgIpc) is 2.88. The molecule has 1 saturated heterocycles. The smallest absolute Gasteiger partial charge is 0.217 e. The summed E-state index contributed by atoms with van der Waals surface area (Å²) in [5.74, 6) is 1.16. The first kappa shape index (κ1) is 13.1. The van der Waals surface area contributed by atoms with Crippen LogP contribution in [0, 0.1) is 0 Å². The molecular formula is C13H21N3O2. The summed E-state index contributed by atoms with van der Waals surface area (Å²) in [6.45, 7) is 8.39. The summed E-state index contributed by atoms with van der Waals surface area (Å²) in [6, 6.07) is 0.277. The molecule has 0 aromatic carbocycles. The molecule has 2 heterocycles. The zero-order valence-electron chi connectivity index (χ0n) is 11.3. The Morgan fingerprint density at radius 2 is 2.44 bits per heavy atom. The summed E-state index contributed by atoms with van der Waals surface area (Å²) in [5.41, 5.74) is 0.974. The van der Waals surface area contributed by atoms with Crippen molar-refractivity contribution in [2.75, 3.05) is 13.1 Å². The van der Waals surface area contributed by atoms with Crippen LogP contribution in [0.4, 0.5) is 0 Å². The van der Waals surface area contributed by atoms with Crippen molar-refractivity contribution in [3.63, 3.8) is 0 Å². The van der Waals surface area contributed by atoms with Gasteiger partial charge in [-0.25, -0.2) is 4.98 Å². The predicted octanol–water partition coefficient (Wildman–Crippen LogP) is 1.51. The van der Waals surface area contributed by atoms with Crippen LogP contribution in [0.5, 0.6) is 0 Å². The van der Waals surface area contributed by atoms with Gasteiger partial charge in [0, 0.05) is 38.5 Å². The largest absolute Gasteiger partial charge is 0.448 e. The first-order chi connectivity index (χ1) is 8.54. The Morgan fingerprint density at radius 1 is 1.67 bits per heavy atom. The van der Waals surface area contributed by atoms with E-state index >= 15 is 0 Å². The maximum atomic E-state index is 11.0. The molecule has 0 aliphatic carbocycles. The zero-order valence-corrected chi connectivity index (χ0v) is 11.3. The summed E-state index contributed by atoms with van der Waals surface area (Å²) in [5, 5.41) is 2.96. The highest BCUT2D eigenvalue weighted by Crippen LogP contribution is 2.17. The fraction of sp³-hybridized carbons (Fsp3) is 0.692. The number of nitrogens with zero attached hydrogens (tertiary/aromatic N) is 2. The SMILES string of the molecule is CC(=O)N[C@@H]1CCN(Cc2coc(C(C)C)n2)C1. The third-order valence-electron chi connectivity index (χ3n) is 3.13. The van der Waals surface area contributed by atoms with Crippen LogP contribution in [0.2, 0.25) is 0 Å². The van der Waals surface area contributed by atoms with Gasteiger partial charge in [-0.2, -0.15) is 0 Å². The molecule has 1 aliphatic rings. The lowest BCUT2D eigenvalue weighted by molar-refractivity contribution is -0.119. The molecule has 1 N–H and O–H groups in total. The second kappa shape index (κ2) is 5.52. The number of carbonyl (C=O) groups excluding carboxylic acids is 1. The normalized spacial score (nSPS) is 20.6. The topological polar surface area (TPSA) is 58.4 Å². The fourth-order valence-electron chi connectivity index (χ4n) is 2.27. The molecule has 5 nitrogen and oxygen atoms in total. The van der Waals surface area contributed by atoms with Gasteiger partial charge in [-0.3, -0.25) is 9.69 Å². The van der Waals surface area contributed by atoms with Gasteiger partial charge in [0.15, 0.2) is 5.89 Å². The van der Waals surface area contributed by atoms with Crippen LogP contribution in [0.15, 0.2) is 10.7 Å². The van der Waals surface area contributed by atoms with E-state index in [0.29, 0.717) is 5.92 Å². The van der Waals surface area contributed by atoms with Crippen LogP contribution in [-0.4, -0.2) is 34.9 Å². The first-order valence-corrected chi connectivity index (χ1v) is 6.48. The Kier molecular flexibility index (Phi) is 4.01. The Hall–Kier alpha value is -1.36. The molecule has 0 spiro atoms. The number of hydrogen-bond acceptors (Lipinski definition) is 4. The van der Waals surface area contributed by atoms with E-state index in [2.05, 4.69) is 29.0 Å². The molecule has 1 aliphatic heterocycles. The average molecular weight is 251 g/mol. The summed E-state index contributed by atoms with van der Waals surface area (Å²) in [4.78, 5) is 17.7. The molecule has 18 heavy (non-hydrogen) atoms. The first-order valence-electron chi connectivity index (χ1n) is 6.48. The molecule has 1 atom stereocenters. The third kappa shape index (κ3) is 3.32. The quantitative estimate of drug-likeness (QED) is 0.881. The van der Waals surface area contributed by atoms with Gasteiger partial charge >= 0.3 is 0 Å². The monoisotopic (exact) mass is 251 g/mol. The Morgan fingerprint density at radius 3 is 3.06 bits per heavy atom. The Bertz CT molecular complexity index is 414. The zero-order chi connectivity index (χ0) is 13.1. The van der Waals surface area contributed by atoms with Gasteiger partial charge in [0.25, 0.3) is 0 Å². The number of hydrogen-bond donors (Lipinski definition) is 1. The standard InChI is InChI=1S/C13H21N3O2/c1-9(2)13-15-12(8-18-13)7-16-5-4-11(6-16)14-10(3)17/h8-9,11H,4-7H2,1-3H3,(H,14,17)/t11-/m1/s1. The Balaban J connectivity index is 1.85. The van der Waals surface area contributed by atoms with Crippen molar-refractivity contribution >= 4 is 5.91 Å². The van der Waals surface area contributed by atoms with E-state index in [1.54, 1.807) is 13.2 Å². The number of rotatable bonds is 4. The van der Waals surface area contributed by atoms with Crippen molar-refractivity contribution in [1.82, 2.24) is 15.2 Å². The number of likely N-dealkylation sites (tertiary alicyclic amines) is 1. The van der Waals surface area contributed by atoms with Gasteiger partial charge in [0.1, 0.15) is 6.26 Å². The lowest BCUT2D eigenvalue weighted by Gasteiger charge is -2.14. The molecule has 1 aromatic rings. The highest BCUT2D eigenvalue weighted by molar-refractivity contribution is 5.73. The second-order valence-corrected chi connectivity index (χ2v) is 5.25. The minimum Gasteiger partial charge on any atom is -0.448 e. The number of nitrogens with one attached hydrogen (secondary N) is 1. The van der Waals surface area contributed by atoms with Crippen LogP contribution < -0.4 is 5.32 Å². The molecule has 0 saturated carbocycles. The lowest BCUT2D eigenvalue weighted by atomic mass is 10.2. The molecule has 1 amide bonds. The van der Waals surface area contributed by atoms with Crippen LogP contribution in [0.3, 0.4) is 0 Å². The molecule has 1 fully saturated rings. The maximum Gasteiger partial charge on any atom is 0.217 e. The van der Waals surface area contributed by atoms with Crippen molar-refractivity contribution in [2.45, 2.75) is 45.7 Å². The van der Waals surface area contributed by atoms with Crippen LogP contribution in [0.1, 0.15) is 44.7 Å². The molecule has 5 heteroatoms. The van der Waals surface area contributed by atoms with Crippen molar-refractivity contribution in [1.29, 1.82) is 0 Å². The van der Waals surface area contributed by atoms with Crippen molar-refractivity contribution in [3.8, 4) is 0 Å². The summed E-state index contributed by atoms with van der Waals surface area (Å²) < 4.78 is 5.42. The number of aromatic nitrogens is 1. The number of carbonyl (C=O) groups is 1. The van der Waals surface area contributed by atoms with Gasteiger partial charge < -0.3 is 9.73 Å².